The lowest BCUT2D eigenvalue weighted by molar-refractivity contribution is 0.476. The third-order valence-corrected chi connectivity index (χ3v) is 5.22. The van der Waals surface area contributed by atoms with Crippen LogP contribution in [-0.2, 0) is 0 Å². The maximum Gasteiger partial charge on any atom is 0.178 e. The first kappa shape index (κ1) is 16.0. The molecule has 138 valence electrons. The molecule has 0 atom stereocenters. The molecule has 0 amide bonds. The Morgan fingerprint density at radius 2 is 1.93 bits per heavy atom. The number of aromatic nitrogens is 7. The van der Waals surface area contributed by atoms with Gasteiger partial charge >= 0.3 is 0 Å². The summed E-state index contributed by atoms with van der Waals surface area (Å²) in [6.45, 7) is 1.84. The Hall–Kier alpha value is -3.23. The van der Waals surface area contributed by atoms with Gasteiger partial charge in [-0.2, -0.15) is 4.52 Å². The summed E-state index contributed by atoms with van der Waals surface area (Å²) in [4.78, 5) is 16.3. The zero-order valence-corrected chi connectivity index (χ0v) is 15.4. The molecule has 1 aliphatic heterocycles. The van der Waals surface area contributed by atoms with E-state index in [4.69, 9.17) is 5.10 Å². The van der Waals surface area contributed by atoms with Crippen molar-refractivity contribution in [1.29, 1.82) is 0 Å². The molecule has 1 N–H and O–H groups in total. The molecule has 0 bridgehead atoms. The number of aromatic amines is 1. The molecule has 27 heavy (non-hydrogen) atoms. The molecule has 1 aliphatic rings. The number of H-pyrrole nitrogens is 1. The summed E-state index contributed by atoms with van der Waals surface area (Å²) in [6, 6.07) is 5.97. The number of hydrogen-bond donors (Lipinski definition) is 1. The Kier molecular flexibility index (Phi) is 3.66. The van der Waals surface area contributed by atoms with Gasteiger partial charge in [-0.1, -0.05) is 0 Å². The summed E-state index contributed by atoms with van der Waals surface area (Å²) >= 11 is 0. The quantitative estimate of drug-likeness (QED) is 0.594. The van der Waals surface area contributed by atoms with E-state index in [2.05, 4.69) is 30.0 Å². The number of nitrogens with zero attached hydrogens (tertiary/aromatic N) is 8. The van der Waals surface area contributed by atoms with E-state index in [0.29, 0.717) is 5.92 Å². The number of piperidine rings is 1. The van der Waals surface area contributed by atoms with Crippen molar-refractivity contribution in [2.24, 2.45) is 0 Å². The van der Waals surface area contributed by atoms with Crippen LogP contribution in [0.4, 0.5) is 11.6 Å². The smallest absolute Gasteiger partial charge is 0.178 e. The van der Waals surface area contributed by atoms with Crippen molar-refractivity contribution in [1.82, 2.24) is 34.8 Å². The van der Waals surface area contributed by atoms with Crippen LogP contribution in [0.3, 0.4) is 0 Å². The second-order valence-corrected chi connectivity index (χ2v) is 7.11. The van der Waals surface area contributed by atoms with Crippen molar-refractivity contribution < 1.29 is 0 Å². The first-order valence-electron chi connectivity index (χ1n) is 9.13. The largest absolute Gasteiger partial charge is 0.361 e. The van der Waals surface area contributed by atoms with Gasteiger partial charge in [-0.05, 0) is 31.0 Å². The lowest BCUT2D eigenvalue weighted by Crippen LogP contribution is -2.34. The highest BCUT2D eigenvalue weighted by molar-refractivity contribution is 5.87. The minimum absolute atomic E-state index is 0.338. The molecule has 5 heterocycles. The molecular weight excluding hydrogens is 342 g/mol. The SMILES string of the molecule is CN(C)c1ccc2nnc(C3CCN(c4ncnc5[nH]ccc45)CC3)n2n1. The van der Waals surface area contributed by atoms with Gasteiger partial charge in [-0.3, -0.25) is 0 Å². The minimum Gasteiger partial charge on any atom is -0.361 e. The average Bonchev–Trinajstić information content (AvgIpc) is 3.34. The second kappa shape index (κ2) is 6.19. The van der Waals surface area contributed by atoms with Gasteiger partial charge in [-0.15, -0.1) is 15.3 Å². The van der Waals surface area contributed by atoms with Crippen molar-refractivity contribution in [3.8, 4) is 0 Å². The average molecular weight is 363 g/mol. The van der Waals surface area contributed by atoms with Crippen LogP contribution in [0.1, 0.15) is 24.6 Å². The van der Waals surface area contributed by atoms with Crippen LogP contribution in [0.15, 0.2) is 30.7 Å². The lowest BCUT2D eigenvalue weighted by atomic mass is 9.96. The van der Waals surface area contributed by atoms with Crippen LogP contribution in [0.2, 0.25) is 0 Å². The van der Waals surface area contributed by atoms with E-state index in [0.717, 1.165) is 60.1 Å². The third kappa shape index (κ3) is 2.66. The first-order valence-corrected chi connectivity index (χ1v) is 9.13. The van der Waals surface area contributed by atoms with Crippen LogP contribution in [0.5, 0.6) is 0 Å². The zero-order chi connectivity index (χ0) is 18.4. The fourth-order valence-electron chi connectivity index (χ4n) is 3.75. The zero-order valence-electron chi connectivity index (χ0n) is 15.4. The standard InChI is InChI=1S/C18H21N9/c1-25(2)15-4-3-14-22-23-17(27(14)24-15)12-6-9-26(10-7-12)18-13-5-8-19-16(13)20-11-21-18/h3-5,8,11-12H,6-7,9-10H2,1-2H3,(H,19,20,21). The Balaban J connectivity index is 1.40. The molecule has 1 fully saturated rings. The van der Waals surface area contributed by atoms with E-state index in [1.54, 1.807) is 6.33 Å². The highest BCUT2D eigenvalue weighted by Crippen LogP contribution is 2.31. The molecule has 0 radical (unpaired) electrons. The van der Waals surface area contributed by atoms with Gasteiger partial charge in [0.05, 0.1) is 5.39 Å². The van der Waals surface area contributed by atoms with E-state index >= 15 is 0 Å². The highest BCUT2D eigenvalue weighted by atomic mass is 15.4. The molecule has 4 aromatic rings. The van der Waals surface area contributed by atoms with Gasteiger partial charge in [0, 0.05) is 39.3 Å². The van der Waals surface area contributed by atoms with E-state index in [-0.39, 0.29) is 0 Å². The Bertz CT molecular complexity index is 1090. The van der Waals surface area contributed by atoms with Crippen molar-refractivity contribution in [3.05, 3.63) is 36.5 Å². The van der Waals surface area contributed by atoms with Crippen molar-refractivity contribution in [2.45, 2.75) is 18.8 Å². The molecule has 9 nitrogen and oxygen atoms in total. The van der Waals surface area contributed by atoms with Gasteiger partial charge in [0.1, 0.15) is 23.6 Å². The number of rotatable bonds is 3. The Labute approximate surface area is 156 Å². The van der Waals surface area contributed by atoms with Crippen LogP contribution in [-0.4, -0.2) is 61.9 Å². The first-order chi connectivity index (χ1) is 13.2. The Morgan fingerprint density at radius 1 is 1.07 bits per heavy atom. The van der Waals surface area contributed by atoms with Crippen molar-refractivity contribution >= 4 is 28.3 Å². The molecular formula is C18H21N9. The predicted octanol–water partition coefficient (Wildman–Crippen LogP) is 1.85. The lowest BCUT2D eigenvalue weighted by Gasteiger charge is -2.32. The van der Waals surface area contributed by atoms with E-state index in [9.17, 15) is 0 Å². The fraction of sp³-hybridized carbons (Fsp3) is 0.389. The van der Waals surface area contributed by atoms with E-state index in [1.807, 2.05) is 47.9 Å². The summed E-state index contributed by atoms with van der Waals surface area (Å²) in [6.07, 6.45) is 5.51. The van der Waals surface area contributed by atoms with Crippen LogP contribution in [0, 0.1) is 0 Å². The highest BCUT2D eigenvalue weighted by Gasteiger charge is 2.26. The van der Waals surface area contributed by atoms with Gasteiger partial charge in [0.2, 0.25) is 0 Å². The van der Waals surface area contributed by atoms with Crippen molar-refractivity contribution in [3.63, 3.8) is 0 Å². The maximum atomic E-state index is 4.70. The van der Waals surface area contributed by atoms with Gasteiger partial charge in [0.25, 0.3) is 0 Å². The number of hydrogen-bond acceptors (Lipinski definition) is 7. The summed E-state index contributed by atoms with van der Waals surface area (Å²) < 4.78 is 1.89. The summed E-state index contributed by atoms with van der Waals surface area (Å²) in [5.74, 6) is 3.18. The van der Waals surface area contributed by atoms with E-state index in [1.165, 1.54) is 0 Å². The molecule has 0 aromatic carbocycles. The number of nitrogens with one attached hydrogen (secondary N) is 1. The van der Waals surface area contributed by atoms with Crippen LogP contribution < -0.4 is 9.80 Å². The second-order valence-electron chi connectivity index (χ2n) is 7.11. The molecule has 0 unspecified atom stereocenters. The third-order valence-electron chi connectivity index (χ3n) is 5.22. The molecule has 5 rings (SSSR count). The monoisotopic (exact) mass is 363 g/mol. The van der Waals surface area contributed by atoms with E-state index < -0.39 is 0 Å². The summed E-state index contributed by atoms with van der Waals surface area (Å²) in [7, 11) is 3.97. The molecule has 1 saturated heterocycles. The normalized spacial score (nSPS) is 15.7. The minimum atomic E-state index is 0.338. The van der Waals surface area contributed by atoms with Crippen LogP contribution >= 0.6 is 0 Å². The molecule has 0 saturated carbocycles. The summed E-state index contributed by atoms with van der Waals surface area (Å²) in [5, 5.41) is 14.5. The molecule has 0 aliphatic carbocycles. The molecule has 4 aromatic heterocycles. The Morgan fingerprint density at radius 3 is 2.74 bits per heavy atom. The van der Waals surface area contributed by atoms with Crippen molar-refractivity contribution in [2.75, 3.05) is 37.0 Å². The number of anilines is 2. The number of fused-ring (bicyclic) bond motifs is 2. The van der Waals surface area contributed by atoms with Gasteiger partial charge < -0.3 is 14.8 Å². The maximum absolute atomic E-state index is 4.70. The van der Waals surface area contributed by atoms with Gasteiger partial charge in [-0.25, -0.2) is 9.97 Å². The topological polar surface area (TPSA) is 91.1 Å². The summed E-state index contributed by atoms with van der Waals surface area (Å²) in [5.41, 5.74) is 1.67. The molecule has 0 spiro atoms. The van der Waals surface area contributed by atoms with Crippen LogP contribution in [0.25, 0.3) is 16.7 Å². The van der Waals surface area contributed by atoms with Gasteiger partial charge in [0.15, 0.2) is 11.5 Å². The molecule has 9 heteroatoms. The fourth-order valence-corrected chi connectivity index (χ4v) is 3.75. The predicted molar refractivity (Wildman–Crippen MR) is 103 cm³/mol.